The Labute approximate surface area is 111 Å². The SMILES string of the molecule is CNc1cc([N+](=O)[O-])cc(NC(C)C2CCOC2)n1. The highest BCUT2D eigenvalue weighted by Crippen LogP contribution is 2.24. The Hall–Kier alpha value is -1.89. The molecule has 0 spiro atoms. The van der Waals surface area contributed by atoms with E-state index in [1.54, 1.807) is 7.05 Å². The summed E-state index contributed by atoms with van der Waals surface area (Å²) in [7, 11) is 1.68. The first-order chi connectivity index (χ1) is 9.10. The highest BCUT2D eigenvalue weighted by atomic mass is 16.6. The summed E-state index contributed by atoms with van der Waals surface area (Å²) in [6.07, 6.45) is 1.00. The Morgan fingerprint density at radius 2 is 2.26 bits per heavy atom. The number of ether oxygens (including phenoxy) is 1. The molecule has 1 aliphatic heterocycles. The first-order valence-electron chi connectivity index (χ1n) is 6.28. The summed E-state index contributed by atoms with van der Waals surface area (Å²) >= 11 is 0. The van der Waals surface area contributed by atoms with E-state index >= 15 is 0 Å². The fourth-order valence-corrected chi connectivity index (χ4v) is 2.12. The summed E-state index contributed by atoms with van der Waals surface area (Å²) in [5.74, 6) is 1.41. The number of rotatable bonds is 5. The smallest absolute Gasteiger partial charge is 0.276 e. The second kappa shape index (κ2) is 5.83. The molecule has 2 atom stereocenters. The molecule has 7 nitrogen and oxygen atoms in total. The van der Waals surface area contributed by atoms with Gasteiger partial charge >= 0.3 is 0 Å². The molecule has 0 aromatic carbocycles. The number of nitrogens with one attached hydrogen (secondary N) is 2. The maximum absolute atomic E-state index is 10.9. The Bertz CT molecular complexity index is 460. The number of hydrogen-bond donors (Lipinski definition) is 2. The molecule has 0 aliphatic carbocycles. The molecule has 0 amide bonds. The van der Waals surface area contributed by atoms with Crippen molar-refractivity contribution in [2.75, 3.05) is 30.9 Å². The molecule has 104 valence electrons. The van der Waals surface area contributed by atoms with Crippen molar-refractivity contribution in [3.8, 4) is 0 Å². The number of nitro groups is 1. The molecule has 2 rings (SSSR count). The van der Waals surface area contributed by atoms with Crippen LogP contribution < -0.4 is 10.6 Å². The molecule has 19 heavy (non-hydrogen) atoms. The van der Waals surface area contributed by atoms with E-state index in [1.807, 2.05) is 6.92 Å². The average molecular weight is 266 g/mol. The lowest BCUT2D eigenvalue weighted by Crippen LogP contribution is -2.26. The third-order valence-corrected chi connectivity index (χ3v) is 3.32. The zero-order valence-electron chi connectivity index (χ0n) is 11.0. The predicted octanol–water partition coefficient (Wildman–Crippen LogP) is 1.87. The summed E-state index contributed by atoms with van der Waals surface area (Å²) in [5, 5.41) is 16.9. The van der Waals surface area contributed by atoms with Crippen LogP contribution in [0, 0.1) is 16.0 Å². The minimum atomic E-state index is -0.420. The van der Waals surface area contributed by atoms with Crippen LogP contribution in [0.25, 0.3) is 0 Å². The Kier molecular flexibility index (Phi) is 4.16. The van der Waals surface area contributed by atoms with Crippen LogP contribution in [-0.4, -0.2) is 36.2 Å². The van der Waals surface area contributed by atoms with E-state index in [1.165, 1.54) is 12.1 Å². The van der Waals surface area contributed by atoms with Crippen LogP contribution in [0.3, 0.4) is 0 Å². The number of hydrogen-bond acceptors (Lipinski definition) is 6. The van der Waals surface area contributed by atoms with Crippen LogP contribution in [0.2, 0.25) is 0 Å². The van der Waals surface area contributed by atoms with Crippen LogP contribution >= 0.6 is 0 Å². The van der Waals surface area contributed by atoms with Gasteiger partial charge in [-0.1, -0.05) is 0 Å². The van der Waals surface area contributed by atoms with E-state index in [2.05, 4.69) is 15.6 Å². The van der Waals surface area contributed by atoms with Crippen molar-refractivity contribution >= 4 is 17.3 Å². The number of pyridine rings is 1. The van der Waals surface area contributed by atoms with Gasteiger partial charge in [-0.15, -0.1) is 0 Å². The van der Waals surface area contributed by atoms with Crippen molar-refractivity contribution in [2.24, 2.45) is 5.92 Å². The summed E-state index contributed by atoms with van der Waals surface area (Å²) in [4.78, 5) is 14.7. The van der Waals surface area contributed by atoms with Crippen molar-refractivity contribution in [1.29, 1.82) is 0 Å². The zero-order chi connectivity index (χ0) is 13.8. The lowest BCUT2D eigenvalue weighted by atomic mass is 10.0. The van der Waals surface area contributed by atoms with E-state index in [0.717, 1.165) is 19.6 Å². The van der Waals surface area contributed by atoms with Gasteiger partial charge in [-0.25, -0.2) is 4.98 Å². The summed E-state index contributed by atoms with van der Waals surface area (Å²) in [5.41, 5.74) is 0.0247. The molecule has 0 radical (unpaired) electrons. The van der Waals surface area contributed by atoms with E-state index < -0.39 is 4.92 Å². The van der Waals surface area contributed by atoms with Gasteiger partial charge in [-0.05, 0) is 13.3 Å². The number of nitrogens with zero attached hydrogens (tertiary/aromatic N) is 2. The van der Waals surface area contributed by atoms with Gasteiger partial charge in [0, 0.05) is 25.6 Å². The molecule has 7 heteroatoms. The maximum Gasteiger partial charge on any atom is 0.276 e. The molecule has 0 bridgehead atoms. The highest BCUT2D eigenvalue weighted by Gasteiger charge is 2.23. The Morgan fingerprint density at radius 1 is 1.53 bits per heavy atom. The second-order valence-corrected chi connectivity index (χ2v) is 4.66. The molecule has 2 N–H and O–H groups in total. The van der Waals surface area contributed by atoms with Crippen LogP contribution in [0.4, 0.5) is 17.3 Å². The molecule has 2 unspecified atom stereocenters. The molecule has 1 aromatic rings. The standard InChI is InChI=1S/C12H18N4O3/c1-8(9-3-4-19-7-9)14-12-6-10(16(17)18)5-11(13-2)15-12/h5-6,8-9H,3-4,7H2,1-2H3,(H2,13,14,15). The topological polar surface area (TPSA) is 89.3 Å². The first kappa shape index (κ1) is 13.5. The molecule has 1 saturated heterocycles. The molecule has 0 saturated carbocycles. The van der Waals surface area contributed by atoms with Crippen LogP contribution in [0.15, 0.2) is 12.1 Å². The van der Waals surface area contributed by atoms with Gasteiger partial charge in [-0.3, -0.25) is 10.1 Å². The molecule has 2 heterocycles. The van der Waals surface area contributed by atoms with Crippen molar-refractivity contribution < 1.29 is 9.66 Å². The molecular weight excluding hydrogens is 248 g/mol. The van der Waals surface area contributed by atoms with Crippen LogP contribution in [-0.2, 0) is 4.74 Å². The lowest BCUT2D eigenvalue weighted by Gasteiger charge is -2.20. The van der Waals surface area contributed by atoms with Gasteiger partial charge in [0.2, 0.25) is 0 Å². The Balaban J connectivity index is 2.14. The van der Waals surface area contributed by atoms with Crippen molar-refractivity contribution in [1.82, 2.24) is 4.98 Å². The second-order valence-electron chi connectivity index (χ2n) is 4.66. The minimum absolute atomic E-state index is 0.0247. The van der Waals surface area contributed by atoms with Crippen molar-refractivity contribution in [3.05, 3.63) is 22.2 Å². The summed E-state index contributed by atoms with van der Waals surface area (Å²) in [6, 6.07) is 3.03. The van der Waals surface area contributed by atoms with E-state index in [0.29, 0.717) is 17.6 Å². The third kappa shape index (κ3) is 3.31. The minimum Gasteiger partial charge on any atom is -0.381 e. The average Bonchev–Trinajstić information content (AvgIpc) is 2.92. The predicted molar refractivity (Wildman–Crippen MR) is 72.4 cm³/mol. The molecular formula is C12H18N4O3. The van der Waals surface area contributed by atoms with Gasteiger partial charge in [0.05, 0.1) is 23.7 Å². The van der Waals surface area contributed by atoms with Crippen molar-refractivity contribution in [3.63, 3.8) is 0 Å². The van der Waals surface area contributed by atoms with E-state index in [-0.39, 0.29) is 11.7 Å². The third-order valence-electron chi connectivity index (χ3n) is 3.32. The fraction of sp³-hybridized carbons (Fsp3) is 0.583. The van der Waals surface area contributed by atoms with Gasteiger partial charge in [0.1, 0.15) is 11.6 Å². The lowest BCUT2D eigenvalue weighted by molar-refractivity contribution is -0.384. The molecule has 1 fully saturated rings. The zero-order valence-corrected chi connectivity index (χ0v) is 11.0. The Morgan fingerprint density at radius 3 is 2.84 bits per heavy atom. The number of anilines is 2. The summed E-state index contributed by atoms with van der Waals surface area (Å²) in [6.45, 7) is 3.54. The highest BCUT2D eigenvalue weighted by molar-refractivity contribution is 5.54. The van der Waals surface area contributed by atoms with E-state index in [4.69, 9.17) is 4.74 Å². The number of aromatic nitrogens is 1. The van der Waals surface area contributed by atoms with E-state index in [9.17, 15) is 10.1 Å². The maximum atomic E-state index is 10.9. The first-order valence-corrected chi connectivity index (χ1v) is 6.28. The largest absolute Gasteiger partial charge is 0.381 e. The summed E-state index contributed by atoms with van der Waals surface area (Å²) < 4.78 is 5.34. The quantitative estimate of drug-likeness (QED) is 0.624. The van der Waals surface area contributed by atoms with Crippen molar-refractivity contribution in [2.45, 2.75) is 19.4 Å². The van der Waals surface area contributed by atoms with Gasteiger partial charge in [-0.2, -0.15) is 0 Å². The van der Waals surface area contributed by atoms with Gasteiger partial charge in [0.25, 0.3) is 5.69 Å². The van der Waals surface area contributed by atoms with Gasteiger partial charge in [0.15, 0.2) is 0 Å². The fourth-order valence-electron chi connectivity index (χ4n) is 2.12. The molecule has 1 aromatic heterocycles. The van der Waals surface area contributed by atoms with Crippen LogP contribution in [0.5, 0.6) is 0 Å². The molecule has 1 aliphatic rings. The van der Waals surface area contributed by atoms with Crippen LogP contribution in [0.1, 0.15) is 13.3 Å². The van der Waals surface area contributed by atoms with Gasteiger partial charge < -0.3 is 15.4 Å². The monoisotopic (exact) mass is 266 g/mol. The normalized spacial score (nSPS) is 20.0.